The summed E-state index contributed by atoms with van der Waals surface area (Å²) < 4.78 is 6.70. The van der Waals surface area contributed by atoms with Crippen LogP contribution < -0.4 is 4.90 Å². The maximum atomic E-state index is 6.70. The van der Waals surface area contributed by atoms with Gasteiger partial charge in [-0.3, -0.25) is 0 Å². The third-order valence-electron chi connectivity index (χ3n) is 11.7. The molecule has 0 atom stereocenters. The predicted molar refractivity (Wildman–Crippen MR) is 253 cm³/mol. The summed E-state index contributed by atoms with van der Waals surface area (Å²) in [4.78, 5) is 2.35. The molecule has 11 aromatic rings. The molecule has 1 heterocycles. The Morgan fingerprint density at radius 2 is 0.733 bits per heavy atom. The van der Waals surface area contributed by atoms with E-state index in [0.717, 1.165) is 61.6 Å². The molecule has 0 aliphatic carbocycles. The molecule has 282 valence electrons. The Balaban J connectivity index is 1.00. The topological polar surface area (TPSA) is 16.4 Å². The van der Waals surface area contributed by atoms with Crippen molar-refractivity contribution in [2.24, 2.45) is 0 Å². The first-order valence-corrected chi connectivity index (χ1v) is 20.5. The zero-order valence-electron chi connectivity index (χ0n) is 32.9. The highest BCUT2D eigenvalue weighted by Gasteiger charge is 2.21. The zero-order chi connectivity index (χ0) is 39.8. The van der Waals surface area contributed by atoms with Crippen molar-refractivity contribution >= 4 is 49.6 Å². The number of anilines is 3. The van der Waals surface area contributed by atoms with Crippen LogP contribution in [0.15, 0.2) is 241 Å². The van der Waals surface area contributed by atoms with E-state index in [9.17, 15) is 0 Å². The lowest BCUT2D eigenvalue weighted by Gasteiger charge is -2.26. The molecular weight excluding hydrogens is 727 g/mol. The Labute approximate surface area is 349 Å². The zero-order valence-corrected chi connectivity index (χ0v) is 32.9. The second kappa shape index (κ2) is 15.1. The van der Waals surface area contributed by atoms with Gasteiger partial charge in [-0.25, -0.2) is 0 Å². The van der Waals surface area contributed by atoms with Crippen LogP contribution in [0.3, 0.4) is 0 Å². The van der Waals surface area contributed by atoms with Gasteiger partial charge in [0, 0.05) is 33.6 Å². The fourth-order valence-corrected chi connectivity index (χ4v) is 8.81. The van der Waals surface area contributed by atoms with E-state index in [2.05, 4.69) is 235 Å². The summed E-state index contributed by atoms with van der Waals surface area (Å²) in [6, 6.07) is 84.6. The maximum Gasteiger partial charge on any atom is 0.143 e. The maximum absolute atomic E-state index is 6.70. The SMILES string of the molecule is c1ccc(-c2ccc(N(c3ccc(-c4ccccc4-c4oc5ccccc5c4-c4ccccc4)cc3)c3ccc(-c4cc5ccccc5c5ccccc45)cc3)cc2)cc1. The number of benzene rings is 10. The monoisotopic (exact) mass is 765 g/mol. The van der Waals surface area contributed by atoms with Gasteiger partial charge in [0.1, 0.15) is 11.3 Å². The third-order valence-corrected chi connectivity index (χ3v) is 11.7. The first-order valence-electron chi connectivity index (χ1n) is 20.5. The minimum absolute atomic E-state index is 0.876. The van der Waals surface area contributed by atoms with Crippen LogP contribution in [-0.2, 0) is 0 Å². The summed E-state index contributed by atoms with van der Waals surface area (Å²) in [7, 11) is 0. The number of nitrogens with zero attached hydrogens (tertiary/aromatic N) is 1. The van der Waals surface area contributed by atoms with Crippen LogP contribution in [0.2, 0.25) is 0 Å². The van der Waals surface area contributed by atoms with E-state index in [0.29, 0.717) is 0 Å². The summed E-state index contributed by atoms with van der Waals surface area (Å²) in [6.07, 6.45) is 0. The molecule has 0 N–H and O–H groups in total. The smallest absolute Gasteiger partial charge is 0.143 e. The molecule has 0 aliphatic heterocycles. The van der Waals surface area contributed by atoms with Crippen molar-refractivity contribution in [3.63, 3.8) is 0 Å². The van der Waals surface area contributed by atoms with Gasteiger partial charge in [0.15, 0.2) is 0 Å². The highest BCUT2D eigenvalue weighted by Crippen LogP contribution is 2.45. The normalized spacial score (nSPS) is 11.3. The first-order chi connectivity index (χ1) is 29.8. The van der Waals surface area contributed by atoms with E-state index in [1.54, 1.807) is 0 Å². The molecule has 0 amide bonds. The van der Waals surface area contributed by atoms with E-state index >= 15 is 0 Å². The number of fused-ring (bicyclic) bond motifs is 4. The van der Waals surface area contributed by atoms with Crippen molar-refractivity contribution < 1.29 is 4.42 Å². The minimum atomic E-state index is 0.876. The van der Waals surface area contributed by atoms with E-state index in [4.69, 9.17) is 4.42 Å². The van der Waals surface area contributed by atoms with Crippen molar-refractivity contribution in [3.05, 3.63) is 237 Å². The van der Waals surface area contributed by atoms with Crippen LogP contribution in [-0.4, -0.2) is 0 Å². The van der Waals surface area contributed by atoms with Crippen molar-refractivity contribution in [3.8, 4) is 55.8 Å². The molecule has 1 aromatic heterocycles. The van der Waals surface area contributed by atoms with Crippen LogP contribution in [0.5, 0.6) is 0 Å². The quantitative estimate of drug-likeness (QED) is 0.143. The molecule has 2 heteroatoms. The van der Waals surface area contributed by atoms with Gasteiger partial charge >= 0.3 is 0 Å². The summed E-state index contributed by atoms with van der Waals surface area (Å²) in [5.74, 6) is 0.876. The average Bonchev–Trinajstić information content (AvgIpc) is 3.72. The molecule has 11 rings (SSSR count). The number of hydrogen-bond donors (Lipinski definition) is 0. The van der Waals surface area contributed by atoms with Gasteiger partial charge < -0.3 is 9.32 Å². The second-order valence-electron chi connectivity index (χ2n) is 15.2. The molecule has 60 heavy (non-hydrogen) atoms. The molecule has 0 fully saturated rings. The van der Waals surface area contributed by atoms with Gasteiger partial charge in [-0.15, -0.1) is 0 Å². The van der Waals surface area contributed by atoms with Crippen LogP contribution in [0, 0.1) is 0 Å². The number of furan rings is 1. The lowest BCUT2D eigenvalue weighted by atomic mass is 9.93. The van der Waals surface area contributed by atoms with Crippen LogP contribution in [0.1, 0.15) is 0 Å². The Bertz CT molecular complexity index is 3270. The molecular formula is C58H39NO. The predicted octanol–water partition coefficient (Wildman–Crippen LogP) is 16.5. The highest BCUT2D eigenvalue weighted by molar-refractivity contribution is 6.14. The second-order valence-corrected chi connectivity index (χ2v) is 15.2. The van der Waals surface area contributed by atoms with E-state index in [1.807, 2.05) is 6.07 Å². The molecule has 10 aromatic carbocycles. The van der Waals surface area contributed by atoms with Crippen molar-refractivity contribution in [2.75, 3.05) is 4.90 Å². The van der Waals surface area contributed by atoms with Crippen LogP contribution in [0.4, 0.5) is 17.1 Å². The van der Waals surface area contributed by atoms with Gasteiger partial charge in [-0.1, -0.05) is 188 Å². The highest BCUT2D eigenvalue weighted by atomic mass is 16.3. The third kappa shape index (κ3) is 6.32. The molecule has 0 spiro atoms. The lowest BCUT2D eigenvalue weighted by Crippen LogP contribution is -2.09. The number of rotatable bonds is 8. The Morgan fingerprint density at radius 3 is 1.38 bits per heavy atom. The molecule has 0 aliphatic rings. The fraction of sp³-hybridized carbons (Fsp3) is 0. The largest absolute Gasteiger partial charge is 0.455 e. The van der Waals surface area contributed by atoms with Crippen molar-refractivity contribution in [2.45, 2.75) is 0 Å². The van der Waals surface area contributed by atoms with Crippen LogP contribution >= 0.6 is 0 Å². The van der Waals surface area contributed by atoms with Crippen molar-refractivity contribution in [1.29, 1.82) is 0 Å². The van der Waals surface area contributed by atoms with Gasteiger partial charge in [0.25, 0.3) is 0 Å². The lowest BCUT2D eigenvalue weighted by molar-refractivity contribution is 0.632. The first kappa shape index (κ1) is 35.2. The van der Waals surface area contributed by atoms with Gasteiger partial charge in [0.2, 0.25) is 0 Å². The minimum Gasteiger partial charge on any atom is -0.455 e. The standard InChI is InChI=1S/C58H39NO/c1-3-15-40(16-4-1)41-27-33-46(34-28-41)59(48-37-31-43(32-38-48)55-39-45-19-7-8-21-50(45)51-22-10-11-23-52(51)55)47-35-29-42(30-36-47)49-20-9-12-24-53(49)58-57(44-17-5-2-6-18-44)54-25-13-14-26-56(54)60-58/h1-39H. The Morgan fingerprint density at radius 1 is 0.283 bits per heavy atom. The molecule has 0 saturated heterocycles. The fourth-order valence-electron chi connectivity index (χ4n) is 8.81. The van der Waals surface area contributed by atoms with Gasteiger partial charge in [0.05, 0.1) is 0 Å². The molecule has 0 radical (unpaired) electrons. The summed E-state index contributed by atoms with van der Waals surface area (Å²) in [6.45, 7) is 0. The molecule has 0 saturated carbocycles. The Hall–Kier alpha value is -7.94. The van der Waals surface area contributed by atoms with E-state index in [-0.39, 0.29) is 0 Å². The molecule has 2 nitrogen and oxygen atoms in total. The number of para-hydroxylation sites is 1. The average molecular weight is 766 g/mol. The van der Waals surface area contributed by atoms with Crippen molar-refractivity contribution in [1.82, 2.24) is 0 Å². The van der Waals surface area contributed by atoms with Gasteiger partial charge in [-0.05, 0) is 109 Å². The summed E-state index contributed by atoms with van der Waals surface area (Å²) in [5, 5.41) is 6.16. The molecule has 0 bridgehead atoms. The van der Waals surface area contributed by atoms with E-state index in [1.165, 1.54) is 43.8 Å². The Kier molecular flexibility index (Phi) is 8.87. The van der Waals surface area contributed by atoms with Crippen LogP contribution in [0.25, 0.3) is 88.3 Å². The van der Waals surface area contributed by atoms with E-state index < -0.39 is 0 Å². The van der Waals surface area contributed by atoms with Gasteiger partial charge in [-0.2, -0.15) is 0 Å². The molecule has 0 unspecified atom stereocenters. The number of hydrogen-bond acceptors (Lipinski definition) is 2. The summed E-state index contributed by atoms with van der Waals surface area (Å²) in [5.41, 5.74) is 14.5. The summed E-state index contributed by atoms with van der Waals surface area (Å²) >= 11 is 0.